The lowest BCUT2D eigenvalue weighted by atomic mass is 9.89. The standard InChI is InChI=1S/C32H47N3O2S/c1-22-26(30(36)33-25-13-17-37-18-14-25)20-28(35(22)21-23-9-7-6-8-10-23)24-11-12-29(38-34-31(2,3)4)27(19-24)32(5)15-16-32/h11-12,19-20,23,25,34H,6-10,13-18,21H2,1-5H3,(H,33,36). The van der Waals surface area contributed by atoms with Gasteiger partial charge in [-0.25, -0.2) is 0 Å². The van der Waals surface area contributed by atoms with Crippen molar-refractivity contribution in [1.82, 2.24) is 14.6 Å². The van der Waals surface area contributed by atoms with Crippen molar-refractivity contribution in [2.24, 2.45) is 5.92 Å². The summed E-state index contributed by atoms with van der Waals surface area (Å²) in [6.45, 7) is 13.6. The molecule has 0 spiro atoms. The van der Waals surface area contributed by atoms with Crippen molar-refractivity contribution < 1.29 is 9.53 Å². The molecule has 1 saturated heterocycles. The molecule has 1 aliphatic heterocycles. The number of hydrogen-bond donors (Lipinski definition) is 2. The predicted octanol–water partition coefficient (Wildman–Crippen LogP) is 7.40. The molecule has 1 aromatic heterocycles. The van der Waals surface area contributed by atoms with E-state index in [1.165, 1.54) is 66.7 Å². The van der Waals surface area contributed by atoms with Crippen LogP contribution in [0.1, 0.15) is 107 Å². The zero-order chi connectivity index (χ0) is 26.9. The fourth-order valence-corrected chi connectivity index (χ4v) is 6.96. The number of nitrogens with zero attached hydrogens (tertiary/aromatic N) is 1. The van der Waals surface area contributed by atoms with Gasteiger partial charge in [0.15, 0.2) is 0 Å². The van der Waals surface area contributed by atoms with Gasteiger partial charge in [0.25, 0.3) is 5.91 Å². The van der Waals surface area contributed by atoms with E-state index in [0.717, 1.165) is 43.9 Å². The number of carbonyl (C=O) groups is 1. The average molecular weight is 538 g/mol. The van der Waals surface area contributed by atoms with E-state index in [0.29, 0.717) is 5.92 Å². The molecule has 2 N–H and O–H groups in total. The van der Waals surface area contributed by atoms with E-state index in [9.17, 15) is 4.79 Å². The van der Waals surface area contributed by atoms with Gasteiger partial charge in [0.1, 0.15) is 0 Å². The third-order valence-electron chi connectivity index (χ3n) is 8.73. The Morgan fingerprint density at radius 3 is 2.45 bits per heavy atom. The molecule has 3 aliphatic rings. The Bertz CT molecular complexity index is 1130. The van der Waals surface area contributed by atoms with Crippen LogP contribution < -0.4 is 10.0 Å². The first-order chi connectivity index (χ1) is 18.1. The molecule has 1 amide bonds. The average Bonchev–Trinajstić information content (AvgIpc) is 3.57. The van der Waals surface area contributed by atoms with Crippen molar-refractivity contribution in [1.29, 1.82) is 0 Å². The summed E-state index contributed by atoms with van der Waals surface area (Å²) in [5.41, 5.74) is 6.08. The van der Waals surface area contributed by atoms with Crippen LogP contribution in [0, 0.1) is 12.8 Å². The molecular formula is C32H47N3O2S. The van der Waals surface area contributed by atoms with Crippen LogP contribution in [0.3, 0.4) is 0 Å². The molecule has 5 rings (SSSR count). The molecule has 0 unspecified atom stereocenters. The minimum Gasteiger partial charge on any atom is -0.381 e. The normalized spacial score (nSPS) is 20.4. The van der Waals surface area contributed by atoms with Gasteiger partial charge in [-0.15, -0.1) is 0 Å². The SMILES string of the molecule is Cc1c(C(=O)NC2CCOCC2)cc(-c2ccc(SNC(C)(C)C)c(C3(C)CC3)c2)n1CC1CCCCC1. The summed E-state index contributed by atoms with van der Waals surface area (Å²) in [7, 11) is 0. The van der Waals surface area contributed by atoms with Gasteiger partial charge in [-0.05, 0) is 119 Å². The fourth-order valence-electron chi connectivity index (χ4n) is 6.00. The lowest BCUT2D eigenvalue weighted by Crippen LogP contribution is -2.39. The van der Waals surface area contributed by atoms with Crippen LogP contribution in [-0.4, -0.2) is 35.3 Å². The van der Waals surface area contributed by atoms with E-state index in [2.05, 4.69) is 73.5 Å². The van der Waals surface area contributed by atoms with Crippen LogP contribution >= 0.6 is 11.9 Å². The van der Waals surface area contributed by atoms with Crippen molar-refractivity contribution in [2.45, 2.75) is 121 Å². The summed E-state index contributed by atoms with van der Waals surface area (Å²) in [4.78, 5) is 14.8. The van der Waals surface area contributed by atoms with Gasteiger partial charge in [0, 0.05) is 47.6 Å². The third-order valence-corrected chi connectivity index (χ3v) is 10.0. The highest BCUT2D eigenvalue weighted by Crippen LogP contribution is 2.51. The highest BCUT2D eigenvalue weighted by atomic mass is 32.2. The Labute approximate surface area is 234 Å². The van der Waals surface area contributed by atoms with Gasteiger partial charge in [-0.1, -0.05) is 32.3 Å². The van der Waals surface area contributed by atoms with E-state index in [-0.39, 0.29) is 22.9 Å². The Morgan fingerprint density at radius 1 is 1.08 bits per heavy atom. The van der Waals surface area contributed by atoms with Gasteiger partial charge < -0.3 is 14.6 Å². The predicted molar refractivity (Wildman–Crippen MR) is 158 cm³/mol. The Balaban J connectivity index is 1.49. The summed E-state index contributed by atoms with van der Waals surface area (Å²) in [6, 6.07) is 9.36. The van der Waals surface area contributed by atoms with Gasteiger partial charge in [-0.2, -0.15) is 0 Å². The second-order valence-electron chi connectivity index (χ2n) is 13.2. The van der Waals surface area contributed by atoms with E-state index >= 15 is 0 Å². The molecule has 208 valence electrons. The Morgan fingerprint density at radius 2 is 1.79 bits per heavy atom. The summed E-state index contributed by atoms with van der Waals surface area (Å²) >= 11 is 1.76. The lowest BCUT2D eigenvalue weighted by molar-refractivity contribution is 0.0696. The maximum Gasteiger partial charge on any atom is 0.253 e. The Hall–Kier alpha value is -1.76. The van der Waals surface area contributed by atoms with Crippen molar-refractivity contribution in [3.8, 4) is 11.3 Å². The summed E-state index contributed by atoms with van der Waals surface area (Å²) < 4.78 is 11.6. The van der Waals surface area contributed by atoms with E-state index < -0.39 is 0 Å². The quantitative estimate of drug-likeness (QED) is 0.345. The molecule has 5 nitrogen and oxygen atoms in total. The van der Waals surface area contributed by atoms with Gasteiger partial charge in [-0.3, -0.25) is 9.52 Å². The number of carbonyl (C=O) groups excluding carboxylic acids is 1. The summed E-state index contributed by atoms with van der Waals surface area (Å²) in [5.74, 6) is 0.750. The van der Waals surface area contributed by atoms with Crippen LogP contribution in [0.15, 0.2) is 29.2 Å². The molecule has 0 bridgehead atoms. The zero-order valence-electron chi connectivity index (χ0n) is 24.1. The first-order valence-electron chi connectivity index (χ1n) is 14.8. The minimum absolute atomic E-state index is 0.0452. The molecule has 2 saturated carbocycles. The minimum atomic E-state index is 0.0452. The van der Waals surface area contributed by atoms with Crippen molar-refractivity contribution in [3.63, 3.8) is 0 Å². The monoisotopic (exact) mass is 537 g/mol. The van der Waals surface area contributed by atoms with Crippen LogP contribution in [-0.2, 0) is 16.7 Å². The number of amides is 1. The van der Waals surface area contributed by atoms with Gasteiger partial charge in [0.05, 0.1) is 5.56 Å². The largest absolute Gasteiger partial charge is 0.381 e. The molecule has 38 heavy (non-hydrogen) atoms. The smallest absolute Gasteiger partial charge is 0.253 e. The number of nitrogens with one attached hydrogen (secondary N) is 2. The molecule has 2 heterocycles. The first kappa shape index (κ1) is 27.8. The molecule has 1 aromatic carbocycles. The number of aromatic nitrogens is 1. The molecule has 2 aromatic rings. The molecule has 3 fully saturated rings. The molecule has 2 aliphatic carbocycles. The fraction of sp³-hybridized carbons (Fsp3) is 0.656. The van der Waals surface area contributed by atoms with Crippen molar-refractivity contribution in [2.75, 3.05) is 13.2 Å². The molecular weight excluding hydrogens is 490 g/mol. The van der Waals surface area contributed by atoms with Crippen molar-refractivity contribution in [3.05, 3.63) is 41.1 Å². The molecule has 0 radical (unpaired) electrons. The summed E-state index contributed by atoms with van der Waals surface area (Å²) in [6.07, 6.45) is 10.8. The second kappa shape index (κ2) is 11.4. The maximum atomic E-state index is 13.5. The summed E-state index contributed by atoms with van der Waals surface area (Å²) in [5, 5.41) is 3.31. The molecule has 6 heteroatoms. The third kappa shape index (κ3) is 6.51. The highest BCUT2D eigenvalue weighted by Gasteiger charge is 2.41. The number of rotatable bonds is 8. The number of benzene rings is 1. The van der Waals surface area contributed by atoms with E-state index in [1.54, 1.807) is 11.9 Å². The Kier molecular flexibility index (Phi) is 8.33. The first-order valence-corrected chi connectivity index (χ1v) is 15.6. The maximum absolute atomic E-state index is 13.5. The van der Waals surface area contributed by atoms with E-state index in [1.807, 2.05) is 0 Å². The van der Waals surface area contributed by atoms with Crippen molar-refractivity contribution >= 4 is 17.9 Å². The van der Waals surface area contributed by atoms with Gasteiger partial charge >= 0.3 is 0 Å². The number of hydrogen-bond acceptors (Lipinski definition) is 4. The topological polar surface area (TPSA) is 55.3 Å². The molecule has 0 atom stereocenters. The van der Waals surface area contributed by atoms with E-state index in [4.69, 9.17) is 4.74 Å². The second-order valence-corrected chi connectivity index (χ2v) is 14.1. The van der Waals surface area contributed by atoms with Gasteiger partial charge in [0.2, 0.25) is 0 Å². The van der Waals surface area contributed by atoms with Crippen LogP contribution in [0.25, 0.3) is 11.3 Å². The van der Waals surface area contributed by atoms with Crippen LogP contribution in [0.5, 0.6) is 0 Å². The number of ether oxygens (including phenoxy) is 1. The lowest BCUT2D eigenvalue weighted by Gasteiger charge is -2.25. The zero-order valence-corrected chi connectivity index (χ0v) is 24.9. The van der Waals surface area contributed by atoms with Crippen LogP contribution in [0.2, 0.25) is 0 Å². The van der Waals surface area contributed by atoms with Crippen LogP contribution in [0.4, 0.5) is 0 Å². The highest BCUT2D eigenvalue weighted by molar-refractivity contribution is 7.97.